The number of amides is 2. The van der Waals surface area contributed by atoms with Gasteiger partial charge in [-0.25, -0.2) is 4.98 Å². The molecule has 1 N–H and O–H groups in total. The fourth-order valence-electron chi connectivity index (χ4n) is 2.15. The van der Waals surface area contributed by atoms with E-state index in [0.717, 1.165) is 5.01 Å². The van der Waals surface area contributed by atoms with Gasteiger partial charge in [0.25, 0.3) is 0 Å². The highest BCUT2D eigenvalue weighted by Crippen LogP contribution is 2.32. The lowest BCUT2D eigenvalue weighted by molar-refractivity contribution is -0.151. The highest BCUT2D eigenvalue weighted by Gasteiger charge is 2.42. The van der Waals surface area contributed by atoms with Crippen LogP contribution in [0.15, 0.2) is 11.6 Å². The molecule has 2 amide bonds. The van der Waals surface area contributed by atoms with Gasteiger partial charge in [-0.2, -0.15) is 0 Å². The number of nitrogens with zero attached hydrogens (tertiary/aromatic N) is 2. The van der Waals surface area contributed by atoms with Crippen molar-refractivity contribution in [1.82, 2.24) is 15.2 Å². The van der Waals surface area contributed by atoms with Crippen LogP contribution in [0, 0.1) is 0 Å². The Bertz CT molecular complexity index is 442. The number of hydrogen-bond donors (Lipinski definition) is 1. The van der Waals surface area contributed by atoms with Gasteiger partial charge in [-0.3, -0.25) is 9.59 Å². The van der Waals surface area contributed by atoms with E-state index in [1.54, 1.807) is 18.0 Å². The maximum Gasteiger partial charge on any atom is 0.243 e. The first-order valence-electron chi connectivity index (χ1n) is 5.44. The predicted molar refractivity (Wildman–Crippen MR) is 64.5 cm³/mol. The Morgan fingerprint density at radius 2 is 2.24 bits per heavy atom. The van der Waals surface area contributed by atoms with Crippen LogP contribution in [0.3, 0.4) is 0 Å². The first-order chi connectivity index (χ1) is 7.94. The van der Waals surface area contributed by atoms with E-state index in [1.165, 1.54) is 11.3 Å². The minimum absolute atomic E-state index is 0.0674. The lowest BCUT2D eigenvalue weighted by Crippen LogP contribution is -2.62. The topological polar surface area (TPSA) is 62.3 Å². The van der Waals surface area contributed by atoms with Crippen molar-refractivity contribution < 1.29 is 9.59 Å². The minimum atomic E-state index is -0.553. The molecule has 0 aromatic carbocycles. The lowest BCUT2D eigenvalue weighted by atomic mass is 9.99. The lowest BCUT2D eigenvalue weighted by Gasteiger charge is -2.43. The summed E-state index contributed by atoms with van der Waals surface area (Å²) in [6.45, 7) is 5.64. The summed E-state index contributed by atoms with van der Waals surface area (Å²) in [5.74, 6) is -0.188. The molecule has 1 aromatic heterocycles. The third-order valence-electron chi connectivity index (χ3n) is 3.01. The van der Waals surface area contributed by atoms with Gasteiger partial charge in [0.1, 0.15) is 11.0 Å². The van der Waals surface area contributed by atoms with E-state index in [2.05, 4.69) is 10.3 Å². The summed E-state index contributed by atoms with van der Waals surface area (Å²) in [6.07, 6.45) is 1.71. The van der Waals surface area contributed by atoms with Crippen molar-refractivity contribution in [2.45, 2.75) is 32.4 Å². The van der Waals surface area contributed by atoms with Crippen LogP contribution in [0.25, 0.3) is 0 Å². The van der Waals surface area contributed by atoms with Crippen molar-refractivity contribution in [2.24, 2.45) is 0 Å². The number of piperazine rings is 1. The normalized spacial score (nSPS) is 21.6. The first-order valence-corrected chi connectivity index (χ1v) is 6.32. The summed E-state index contributed by atoms with van der Waals surface area (Å²) in [6, 6.07) is -0.463. The maximum absolute atomic E-state index is 12.0. The van der Waals surface area contributed by atoms with Crippen LogP contribution >= 0.6 is 11.3 Å². The molecular formula is C11H15N3O2S. The average Bonchev–Trinajstić information content (AvgIpc) is 2.77. The SMILES string of the molecule is CC1C(=O)NCC(=O)N1C(C)(C)c1nccs1. The summed E-state index contributed by atoms with van der Waals surface area (Å²) in [5.41, 5.74) is -0.553. The van der Waals surface area contributed by atoms with E-state index in [1.807, 2.05) is 19.2 Å². The number of rotatable bonds is 2. The van der Waals surface area contributed by atoms with Crippen molar-refractivity contribution in [1.29, 1.82) is 0 Å². The zero-order valence-corrected chi connectivity index (χ0v) is 10.9. The minimum Gasteiger partial charge on any atom is -0.345 e. The molecule has 92 valence electrons. The van der Waals surface area contributed by atoms with Gasteiger partial charge < -0.3 is 10.2 Å². The van der Waals surface area contributed by atoms with Crippen molar-refractivity contribution in [3.8, 4) is 0 Å². The molecule has 0 bridgehead atoms. The largest absolute Gasteiger partial charge is 0.345 e. The van der Waals surface area contributed by atoms with Gasteiger partial charge in [-0.15, -0.1) is 11.3 Å². The van der Waals surface area contributed by atoms with E-state index in [4.69, 9.17) is 0 Å². The molecule has 1 saturated heterocycles. The van der Waals surface area contributed by atoms with E-state index >= 15 is 0 Å². The molecule has 1 fully saturated rings. The Kier molecular flexibility index (Phi) is 2.91. The van der Waals surface area contributed by atoms with Gasteiger partial charge in [-0.05, 0) is 20.8 Å². The maximum atomic E-state index is 12.0. The molecule has 1 atom stereocenters. The fourth-order valence-corrected chi connectivity index (χ4v) is 2.91. The van der Waals surface area contributed by atoms with E-state index in [9.17, 15) is 9.59 Å². The second-order valence-electron chi connectivity index (χ2n) is 4.55. The Morgan fingerprint density at radius 3 is 2.82 bits per heavy atom. The molecule has 6 heteroatoms. The van der Waals surface area contributed by atoms with Crippen molar-refractivity contribution in [3.05, 3.63) is 16.6 Å². The molecule has 5 nitrogen and oxygen atoms in total. The van der Waals surface area contributed by atoms with Gasteiger partial charge in [-0.1, -0.05) is 0 Å². The molecule has 1 aliphatic heterocycles. The highest BCUT2D eigenvalue weighted by atomic mass is 32.1. The standard InChI is InChI=1S/C11H15N3O2S/c1-7-9(16)13-6-8(15)14(7)11(2,3)10-12-4-5-17-10/h4-5,7H,6H2,1-3H3,(H,13,16). The monoisotopic (exact) mass is 253 g/mol. The number of carbonyl (C=O) groups excluding carboxylic acids is 2. The second-order valence-corrected chi connectivity index (χ2v) is 5.45. The average molecular weight is 253 g/mol. The fraction of sp³-hybridized carbons (Fsp3) is 0.545. The van der Waals surface area contributed by atoms with Crippen LogP contribution < -0.4 is 5.32 Å². The van der Waals surface area contributed by atoms with E-state index in [-0.39, 0.29) is 18.4 Å². The summed E-state index contributed by atoms with van der Waals surface area (Å²) < 4.78 is 0. The number of aromatic nitrogens is 1. The number of thiazole rings is 1. The number of nitrogens with one attached hydrogen (secondary N) is 1. The Hall–Kier alpha value is -1.43. The first kappa shape index (κ1) is 12.0. The van der Waals surface area contributed by atoms with E-state index in [0.29, 0.717) is 0 Å². The molecule has 0 saturated carbocycles. The highest BCUT2D eigenvalue weighted by molar-refractivity contribution is 7.09. The second kappa shape index (κ2) is 4.10. The Morgan fingerprint density at radius 1 is 1.53 bits per heavy atom. The third kappa shape index (κ3) is 1.93. The van der Waals surface area contributed by atoms with Crippen LogP contribution in [0.1, 0.15) is 25.8 Å². The van der Waals surface area contributed by atoms with Crippen LogP contribution in [0.4, 0.5) is 0 Å². The van der Waals surface area contributed by atoms with Crippen molar-refractivity contribution in [3.63, 3.8) is 0 Å². The molecule has 0 aliphatic carbocycles. The predicted octanol–water partition coefficient (Wildman–Crippen LogP) is 0.725. The van der Waals surface area contributed by atoms with Crippen LogP contribution in [0.2, 0.25) is 0 Å². The molecule has 0 spiro atoms. The summed E-state index contributed by atoms with van der Waals surface area (Å²) >= 11 is 1.49. The summed E-state index contributed by atoms with van der Waals surface area (Å²) in [7, 11) is 0. The zero-order chi connectivity index (χ0) is 12.6. The van der Waals surface area contributed by atoms with Gasteiger partial charge >= 0.3 is 0 Å². The molecular weight excluding hydrogens is 238 g/mol. The molecule has 17 heavy (non-hydrogen) atoms. The van der Waals surface area contributed by atoms with Gasteiger partial charge in [0.15, 0.2) is 0 Å². The number of hydrogen-bond acceptors (Lipinski definition) is 4. The van der Waals surface area contributed by atoms with Crippen LogP contribution in [0.5, 0.6) is 0 Å². The van der Waals surface area contributed by atoms with E-state index < -0.39 is 11.6 Å². The molecule has 2 rings (SSSR count). The Labute approximate surface area is 104 Å². The molecule has 1 unspecified atom stereocenters. The third-order valence-corrected chi connectivity index (χ3v) is 4.09. The number of carbonyl (C=O) groups is 2. The molecule has 2 heterocycles. The molecule has 0 radical (unpaired) electrons. The van der Waals surface area contributed by atoms with Gasteiger partial charge in [0, 0.05) is 11.6 Å². The van der Waals surface area contributed by atoms with Crippen molar-refractivity contribution >= 4 is 23.2 Å². The quantitative estimate of drug-likeness (QED) is 0.845. The van der Waals surface area contributed by atoms with Crippen molar-refractivity contribution in [2.75, 3.05) is 6.54 Å². The summed E-state index contributed by atoms with van der Waals surface area (Å²) in [5, 5.41) is 5.29. The molecule has 1 aliphatic rings. The van der Waals surface area contributed by atoms with Gasteiger partial charge in [0.05, 0.1) is 12.1 Å². The zero-order valence-electron chi connectivity index (χ0n) is 10.1. The molecule has 1 aromatic rings. The Balaban J connectivity index is 2.37. The smallest absolute Gasteiger partial charge is 0.243 e. The van der Waals surface area contributed by atoms with Crippen LogP contribution in [-0.4, -0.2) is 34.3 Å². The summed E-state index contributed by atoms with van der Waals surface area (Å²) in [4.78, 5) is 29.5. The van der Waals surface area contributed by atoms with Gasteiger partial charge in [0.2, 0.25) is 11.8 Å². The van der Waals surface area contributed by atoms with Crippen LogP contribution in [-0.2, 0) is 15.1 Å².